The quantitative estimate of drug-likeness (QED) is 0.494. The second-order valence-electron chi connectivity index (χ2n) is 4.38. The second kappa shape index (κ2) is 9.68. The van der Waals surface area contributed by atoms with Crippen LogP contribution < -0.4 is 10.4 Å². The SMILES string of the molecule is ClC(Cl)CC[SiH2]c1ccc([SiH2]CCC(Cl)Cl)cc1. The van der Waals surface area contributed by atoms with Crippen LogP contribution in [0.4, 0.5) is 0 Å². The molecule has 0 atom stereocenters. The van der Waals surface area contributed by atoms with Crippen molar-refractivity contribution < 1.29 is 0 Å². The van der Waals surface area contributed by atoms with Gasteiger partial charge in [-0.25, -0.2) is 0 Å². The number of hydrogen-bond acceptors (Lipinski definition) is 0. The fourth-order valence-electron chi connectivity index (χ4n) is 1.79. The topological polar surface area (TPSA) is 0 Å². The molecule has 0 nitrogen and oxygen atoms in total. The zero-order valence-electron chi connectivity index (χ0n) is 10.2. The predicted molar refractivity (Wildman–Crippen MR) is 92.6 cm³/mol. The van der Waals surface area contributed by atoms with E-state index >= 15 is 0 Å². The van der Waals surface area contributed by atoms with Crippen LogP contribution in [0.1, 0.15) is 12.8 Å². The van der Waals surface area contributed by atoms with E-state index in [0.29, 0.717) is 0 Å². The minimum atomic E-state index is -0.205. The van der Waals surface area contributed by atoms with Gasteiger partial charge in [-0.2, -0.15) is 0 Å². The zero-order valence-corrected chi connectivity index (χ0v) is 16.1. The third-order valence-corrected chi connectivity index (χ3v) is 7.29. The van der Waals surface area contributed by atoms with Crippen LogP contribution in [0.15, 0.2) is 24.3 Å². The highest BCUT2D eigenvalue weighted by atomic mass is 35.5. The van der Waals surface area contributed by atoms with Crippen molar-refractivity contribution in [2.75, 3.05) is 0 Å². The third-order valence-electron chi connectivity index (χ3n) is 2.80. The monoisotopic (exact) mass is 358 g/mol. The van der Waals surface area contributed by atoms with E-state index < -0.39 is 0 Å². The van der Waals surface area contributed by atoms with Gasteiger partial charge in [-0.3, -0.25) is 0 Å². The molecule has 0 saturated heterocycles. The fraction of sp³-hybridized carbons (Fsp3) is 0.500. The molecule has 0 aliphatic heterocycles. The van der Waals surface area contributed by atoms with Crippen LogP contribution in [-0.2, 0) is 0 Å². The molecule has 0 unspecified atom stereocenters. The molecule has 0 aromatic heterocycles. The molecule has 0 aliphatic rings. The normalized spacial score (nSPS) is 12.8. The van der Waals surface area contributed by atoms with E-state index in [4.69, 9.17) is 46.4 Å². The summed E-state index contributed by atoms with van der Waals surface area (Å²) >= 11 is 22.9. The number of hydrogen-bond donors (Lipinski definition) is 0. The highest BCUT2D eigenvalue weighted by Crippen LogP contribution is 2.09. The summed E-state index contributed by atoms with van der Waals surface area (Å²) in [6.07, 6.45) is 1.83. The van der Waals surface area contributed by atoms with Gasteiger partial charge in [0.15, 0.2) is 0 Å². The number of alkyl halides is 4. The van der Waals surface area contributed by atoms with Gasteiger partial charge >= 0.3 is 0 Å². The molecule has 6 heteroatoms. The van der Waals surface area contributed by atoms with Gasteiger partial charge < -0.3 is 0 Å². The lowest BCUT2D eigenvalue weighted by atomic mass is 10.4. The van der Waals surface area contributed by atoms with E-state index in [1.807, 2.05) is 0 Å². The van der Waals surface area contributed by atoms with Crippen molar-refractivity contribution in [2.24, 2.45) is 0 Å². The minimum Gasteiger partial charge on any atom is -0.105 e. The van der Waals surface area contributed by atoms with E-state index in [2.05, 4.69) is 24.3 Å². The van der Waals surface area contributed by atoms with Gasteiger partial charge in [0.05, 0.1) is 19.0 Å². The Balaban J connectivity index is 2.28. The van der Waals surface area contributed by atoms with Gasteiger partial charge in [-0.15, -0.1) is 46.4 Å². The van der Waals surface area contributed by atoms with Crippen LogP contribution in [0.25, 0.3) is 0 Å². The van der Waals surface area contributed by atoms with Gasteiger partial charge in [0.25, 0.3) is 0 Å². The van der Waals surface area contributed by atoms with Crippen molar-refractivity contribution in [3.05, 3.63) is 24.3 Å². The summed E-state index contributed by atoms with van der Waals surface area (Å²) in [5, 5.41) is 2.99. The first-order valence-electron chi connectivity index (χ1n) is 6.22. The summed E-state index contributed by atoms with van der Waals surface area (Å²) in [6.45, 7) is 0. The lowest BCUT2D eigenvalue weighted by molar-refractivity contribution is 1.03. The Hall–Kier alpha value is 0.814. The van der Waals surface area contributed by atoms with E-state index in [1.165, 1.54) is 22.5 Å². The van der Waals surface area contributed by atoms with Crippen LogP contribution in [0.5, 0.6) is 0 Å². The molecule has 1 aromatic rings. The van der Waals surface area contributed by atoms with Crippen molar-refractivity contribution >= 4 is 75.8 Å². The van der Waals surface area contributed by atoms with Crippen LogP contribution in [0, 0.1) is 0 Å². The Bertz CT molecular complexity index is 294. The molecule has 0 heterocycles. The van der Waals surface area contributed by atoms with E-state index in [-0.39, 0.29) is 28.7 Å². The largest absolute Gasteiger partial charge is 0.107 e. The average molecular weight is 360 g/mol. The fourth-order valence-corrected chi connectivity index (χ4v) is 6.63. The number of halogens is 4. The molecule has 0 radical (unpaired) electrons. The summed E-state index contributed by atoms with van der Waals surface area (Å²) in [5.74, 6) is 0. The van der Waals surface area contributed by atoms with Crippen molar-refractivity contribution in [3.63, 3.8) is 0 Å². The van der Waals surface area contributed by atoms with Gasteiger partial charge in [0.2, 0.25) is 0 Å². The summed E-state index contributed by atoms with van der Waals surface area (Å²) in [4.78, 5) is -0.411. The average Bonchev–Trinajstić information content (AvgIpc) is 2.30. The zero-order chi connectivity index (χ0) is 13.4. The first-order chi connectivity index (χ1) is 8.58. The maximum atomic E-state index is 5.72. The van der Waals surface area contributed by atoms with Crippen molar-refractivity contribution in [1.29, 1.82) is 0 Å². The van der Waals surface area contributed by atoms with Crippen molar-refractivity contribution in [2.45, 2.75) is 34.6 Å². The highest BCUT2D eigenvalue weighted by molar-refractivity contribution is 6.56. The molecule has 0 fully saturated rings. The predicted octanol–water partition coefficient (Wildman–Crippen LogP) is 2.50. The number of benzene rings is 1. The van der Waals surface area contributed by atoms with E-state index in [1.54, 1.807) is 0 Å². The van der Waals surface area contributed by atoms with E-state index in [9.17, 15) is 0 Å². The molecule has 1 rings (SSSR count). The van der Waals surface area contributed by atoms with Crippen molar-refractivity contribution in [1.82, 2.24) is 0 Å². The maximum absolute atomic E-state index is 5.72. The number of rotatable bonds is 8. The summed E-state index contributed by atoms with van der Waals surface area (Å²) in [7, 11) is -0.396. The first-order valence-corrected chi connectivity index (χ1v) is 11.4. The van der Waals surface area contributed by atoms with Crippen molar-refractivity contribution in [3.8, 4) is 0 Å². The van der Waals surface area contributed by atoms with Gasteiger partial charge in [0.1, 0.15) is 9.67 Å². The molecule has 0 aliphatic carbocycles. The van der Waals surface area contributed by atoms with E-state index in [0.717, 1.165) is 12.8 Å². The van der Waals surface area contributed by atoms with Gasteiger partial charge in [-0.05, 0) is 12.8 Å². The lowest BCUT2D eigenvalue weighted by Crippen LogP contribution is -2.20. The molecule has 0 spiro atoms. The second-order valence-corrected chi connectivity index (χ2v) is 11.0. The Kier molecular flexibility index (Phi) is 9.07. The molecule has 18 heavy (non-hydrogen) atoms. The molecule has 0 bridgehead atoms. The van der Waals surface area contributed by atoms with Gasteiger partial charge in [0, 0.05) is 0 Å². The highest BCUT2D eigenvalue weighted by Gasteiger charge is 2.02. The third kappa shape index (κ3) is 8.08. The smallest absolute Gasteiger partial charge is 0.105 e. The van der Waals surface area contributed by atoms with Crippen LogP contribution in [0.3, 0.4) is 0 Å². The van der Waals surface area contributed by atoms with Crippen LogP contribution in [-0.4, -0.2) is 28.7 Å². The lowest BCUT2D eigenvalue weighted by Gasteiger charge is -2.05. The maximum Gasteiger partial charge on any atom is 0.107 e. The molecular formula is C12H18Cl4Si2. The summed E-state index contributed by atoms with van der Waals surface area (Å²) in [6, 6.07) is 11.4. The van der Waals surface area contributed by atoms with Crippen LogP contribution in [0.2, 0.25) is 12.1 Å². The molecule has 0 amide bonds. The summed E-state index contributed by atoms with van der Waals surface area (Å²) < 4.78 is 0. The molecule has 0 saturated carbocycles. The van der Waals surface area contributed by atoms with Gasteiger partial charge in [-0.1, -0.05) is 46.7 Å². The standard InChI is InChI=1S/C12H18Cl4Si2/c13-11(14)5-7-17-9-1-2-10(4-3-9)18-8-6-12(15)16/h1-4,11-12H,5-8,17-18H2. The Labute approximate surface area is 134 Å². The summed E-state index contributed by atoms with van der Waals surface area (Å²) in [5.41, 5.74) is 0. The Morgan fingerprint density at radius 2 is 1.06 bits per heavy atom. The first kappa shape index (κ1) is 16.9. The van der Waals surface area contributed by atoms with Crippen LogP contribution >= 0.6 is 46.4 Å². The Morgan fingerprint density at radius 1 is 0.722 bits per heavy atom. The molecule has 0 N–H and O–H groups in total. The molecular weight excluding hydrogens is 342 g/mol. The minimum absolute atomic E-state index is 0.198. The Morgan fingerprint density at radius 3 is 1.33 bits per heavy atom. The molecule has 1 aromatic carbocycles. The molecule has 102 valence electrons.